The van der Waals surface area contributed by atoms with Crippen LogP contribution in [0, 0.1) is 30.3 Å². The summed E-state index contributed by atoms with van der Waals surface area (Å²) < 4.78 is 34.4. The van der Waals surface area contributed by atoms with Crippen LogP contribution in [0.2, 0.25) is 0 Å². The number of benzene rings is 4. The third-order valence-electron chi connectivity index (χ3n) is 8.49. The Bertz CT molecular complexity index is 2100. The van der Waals surface area contributed by atoms with Gasteiger partial charge in [-0.2, -0.15) is 27.9 Å². The summed E-state index contributed by atoms with van der Waals surface area (Å²) in [4.78, 5) is 3.71. The van der Waals surface area contributed by atoms with Gasteiger partial charge in [-0.05, 0) is 36.1 Å². The van der Waals surface area contributed by atoms with Gasteiger partial charge in [-0.25, -0.2) is 0 Å². The molecule has 5 nitrogen and oxygen atoms in total. The van der Waals surface area contributed by atoms with Crippen molar-refractivity contribution in [3.05, 3.63) is 149 Å². The largest absolute Gasteiger partial charge is 2.00 e. The van der Waals surface area contributed by atoms with E-state index in [-0.39, 0.29) is 32.3 Å². The van der Waals surface area contributed by atoms with Crippen molar-refractivity contribution < 1.29 is 29.8 Å². The van der Waals surface area contributed by atoms with E-state index in [0.29, 0.717) is 22.6 Å². The zero-order valence-electron chi connectivity index (χ0n) is 25.0. The van der Waals surface area contributed by atoms with Crippen LogP contribution >= 0.6 is 0 Å². The van der Waals surface area contributed by atoms with Crippen LogP contribution in [0.15, 0.2) is 91.3 Å². The number of fused-ring (bicyclic) bond motifs is 10. The fourth-order valence-electron chi connectivity index (χ4n) is 5.99. The van der Waals surface area contributed by atoms with Gasteiger partial charge in [0.15, 0.2) is 0 Å². The second kappa shape index (κ2) is 11.0. The third kappa shape index (κ3) is 4.94. The molecule has 0 aliphatic carbocycles. The maximum Gasteiger partial charge on any atom is 2.00 e. The first-order valence-corrected chi connectivity index (χ1v) is 14.3. The minimum absolute atomic E-state index is 0. The van der Waals surface area contributed by atoms with Gasteiger partial charge < -0.3 is 0 Å². The summed E-state index contributed by atoms with van der Waals surface area (Å²) in [5, 5.41) is 10.1. The van der Waals surface area contributed by atoms with Crippen molar-refractivity contribution in [1.82, 2.24) is 19.6 Å². The van der Waals surface area contributed by atoms with Gasteiger partial charge >= 0.3 is 21.1 Å². The molecule has 2 aromatic heterocycles. The first kappa shape index (κ1) is 30.4. The molecule has 3 heterocycles. The molecule has 0 atom stereocenters. The van der Waals surface area contributed by atoms with Crippen LogP contribution in [0.3, 0.4) is 0 Å². The van der Waals surface area contributed by atoms with Gasteiger partial charge in [0.1, 0.15) is 0 Å². The SMILES string of the molecule is [C-]#[N+]c1cc2[c-]c(c1)C(C)(C)c1[c-]c(c(F)cc1F)-n1cc(-c3ccccc3)c(n1)C(C)(C)c1nn-2cc1-c1ccccc1.[Pt+2]. The standard InChI is InChI=1S/C37H27F2N5.Pt/c1-36(2)25-16-26(40-5)18-27(17-25)43-21-28(23-12-8-6-9-13-23)34(41-43)37(3,4)35-29(24-14-10-7-11-15-24)22-44(42-35)33-19-30(36)31(38)20-32(33)39;/h6-16,18,20-22H,1-4H3;/q-2;+2. The van der Waals surface area contributed by atoms with Gasteiger partial charge in [-0.15, -0.1) is 23.8 Å². The molecule has 45 heavy (non-hydrogen) atoms. The Labute approximate surface area is 275 Å². The van der Waals surface area contributed by atoms with Crippen molar-refractivity contribution in [3.63, 3.8) is 0 Å². The molecule has 8 bridgehead atoms. The van der Waals surface area contributed by atoms with E-state index in [1.165, 1.54) is 4.68 Å². The second-order valence-corrected chi connectivity index (χ2v) is 12.1. The molecule has 0 saturated carbocycles. The zero-order valence-corrected chi connectivity index (χ0v) is 27.2. The van der Waals surface area contributed by atoms with Crippen molar-refractivity contribution in [3.8, 4) is 33.6 Å². The molecule has 0 N–H and O–H groups in total. The third-order valence-corrected chi connectivity index (χ3v) is 8.49. The first-order valence-electron chi connectivity index (χ1n) is 14.3. The number of nitrogens with zero attached hydrogens (tertiary/aromatic N) is 5. The predicted molar refractivity (Wildman–Crippen MR) is 166 cm³/mol. The minimum Gasteiger partial charge on any atom is -0.284 e. The molecule has 0 unspecified atom stereocenters. The Morgan fingerprint density at radius 1 is 0.711 bits per heavy atom. The number of hydrogen-bond donors (Lipinski definition) is 0. The fourth-order valence-corrected chi connectivity index (χ4v) is 5.99. The van der Waals surface area contributed by atoms with E-state index in [1.54, 1.807) is 23.0 Å². The second-order valence-electron chi connectivity index (χ2n) is 12.1. The summed E-state index contributed by atoms with van der Waals surface area (Å²) in [6.07, 6.45) is 3.71. The molecule has 8 heteroatoms. The van der Waals surface area contributed by atoms with E-state index in [4.69, 9.17) is 16.8 Å². The molecular formula is C37H27F2N5Pt. The molecule has 224 valence electrons. The quantitative estimate of drug-likeness (QED) is 0.165. The molecule has 6 aromatic rings. The monoisotopic (exact) mass is 774 g/mol. The van der Waals surface area contributed by atoms with Gasteiger partial charge in [0.2, 0.25) is 0 Å². The Kier molecular flexibility index (Phi) is 7.46. The van der Waals surface area contributed by atoms with Gasteiger partial charge in [0, 0.05) is 35.2 Å². The Hall–Kier alpha value is -4.66. The van der Waals surface area contributed by atoms with Gasteiger partial charge in [-0.1, -0.05) is 80.2 Å². The first-order chi connectivity index (χ1) is 21.1. The van der Waals surface area contributed by atoms with Crippen molar-refractivity contribution in [2.45, 2.75) is 38.5 Å². The van der Waals surface area contributed by atoms with E-state index in [2.05, 4.69) is 17.0 Å². The Morgan fingerprint density at radius 2 is 1.27 bits per heavy atom. The number of hydrogen-bond acceptors (Lipinski definition) is 2. The molecule has 0 radical (unpaired) electrons. The van der Waals surface area contributed by atoms with Crippen LogP contribution in [-0.2, 0) is 31.9 Å². The van der Waals surface area contributed by atoms with Crippen LogP contribution < -0.4 is 0 Å². The van der Waals surface area contributed by atoms with E-state index in [9.17, 15) is 0 Å². The van der Waals surface area contributed by atoms with E-state index in [0.717, 1.165) is 34.0 Å². The Morgan fingerprint density at radius 3 is 1.84 bits per heavy atom. The smallest absolute Gasteiger partial charge is 0.284 e. The summed E-state index contributed by atoms with van der Waals surface area (Å²) in [6.45, 7) is 15.5. The molecule has 4 aromatic carbocycles. The van der Waals surface area contributed by atoms with Gasteiger partial charge in [-0.3, -0.25) is 23.0 Å². The topological polar surface area (TPSA) is 40.0 Å². The molecule has 0 spiro atoms. The summed E-state index contributed by atoms with van der Waals surface area (Å²) in [5.74, 6) is -1.52. The molecule has 1 aliphatic rings. The van der Waals surface area contributed by atoms with Crippen LogP contribution in [0.1, 0.15) is 50.2 Å². The number of aromatic nitrogens is 4. The van der Waals surface area contributed by atoms with E-state index < -0.39 is 22.5 Å². The van der Waals surface area contributed by atoms with Gasteiger partial charge in [0.05, 0.1) is 29.1 Å². The summed E-state index contributed by atoms with van der Waals surface area (Å²) in [5.41, 5.74) is 4.69. The summed E-state index contributed by atoms with van der Waals surface area (Å²) in [6, 6.07) is 30.5. The number of halogens is 2. The molecule has 1 aliphatic heterocycles. The summed E-state index contributed by atoms with van der Waals surface area (Å²) >= 11 is 0. The molecule has 0 amide bonds. The number of rotatable bonds is 2. The van der Waals surface area contributed by atoms with E-state index in [1.807, 2.05) is 94.6 Å². The van der Waals surface area contributed by atoms with Crippen LogP contribution in [-0.4, -0.2) is 19.6 Å². The maximum atomic E-state index is 15.6. The van der Waals surface area contributed by atoms with Crippen molar-refractivity contribution in [1.29, 1.82) is 0 Å². The molecular weight excluding hydrogens is 748 g/mol. The van der Waals surface area contributed by atoms with Crippen molar-refractivity contribution in [2.75, 3.05) is 0 Å². The van der Waals surface area contributed by atoms with Crippen LogP contribution in [0.5, 0.6) is 0 Å². The zero-order chi connectivity index (χ0) is 30.8. The fraction of sp³-hybridized carbons (Fsp3) is 0.162. The van der Waals surface area contributed by atoms with Gasteiger partial charge in [0.25, 0.3) is 0 Å². The Balaban J connectivity index is 0.00000357. The minimum atomic E-state index is -1.04. The molecule has 7 rings (SSSR count). The average molecular weight is 775 g/mol. The average Bonchev–Trinajstić information content (AvgIpc) is 3.68. The molecule has 0 fully saturated rings. The molecule has 0 saturated heterocycles. The maximum absolute atomic E-state index is 15.6. The predicted octanol–water partition coefficient (Wildman–Crippen LogP) is 8.78. The van der Waals surface area contributed by atoms with Crippen LogP contribution in [0.25, 0.3) is 38.5 Å². The normalized spacial score (nSPS) is 14.2. The van der Waals surface area contributed by atoms with Crippen molar-refractivity contribution >= 4 is 5.69 Å². The summed E-state index contributed by atoms with van der Waals surface area (Å²) in [7, 11) is 0. The van der Waals surface area contributed by atoms with Crippen molar-refractivity contribution in [2.24, 2.45) is 0 Å². The van der Waals surface area contributed by atoms with E-state index >= 15 is 8.78 Å². The van der Waals surface area contributed by atoms with Crippen LogP contribution in [0.4, 0.5) is 14.5 Å².